The smallest absolute Gasteiger partial charge is 0.246 e. The molecule has 6 nitrogen and oxygen atoms in total. The van der Waals surface area contributed by atoms with Crippen LogP contribution < -0.4 is 10.2 Å². The van der Waals surface area contributed by atoms with Crippen LogP contribution >= 0.6 is 0 Å². The number of amides is 1. The second kappa shape index (κ2) is 8.71. The van der Waals surface area contributed by atoms with Crippen LogP contribution in [0.2, 0.25) is 0 Å². The predicted molar refractivity (Wildman–Crippen MR) is 110 cm³/mol. The van der Waals surface area contributed by atoms with E-state index in [2.05, 4.69) is 20.1 Å². The third-order valence-corrected chi connectivity index (χ3v) is 5.67. The lowest BCUT2D eigenvalue weighted by molar-refractivity contribution is -0.122. The van der Waals surface area contributed by atoms with Gasteiger partial charge in [-0.15, -0.1) is 0 Å². The Morgan fingerprint density at radius 1 is 1.04 bits per heavy atom. The largest absolute Gasteiger partial charge is 0.393 e. The minimum atomic E-state index is -0.369. The number of nitrogens with one attached hydrogen (secondary N) is 1. The quantitative estimate of drug-likeness (QED) is 0.835. The Balaban J connectivity index is 1.49. The first-order chi connectivity index (χ1) is 13.7. The molecule has 1 atom stereocenters. The molecule has 1 unspecified atom stereocenters. The molecule has 0 aliphatic carbocycles. The monoisotopic (exact) mass is 380 g/mol. The molecule has 2 aliphatic heterocycles. The molecule has 28 heavy (non-hydrogen) atoms. The Morgan fingerprint density at radius 2 is 1.75 bits per heavy atom. The highest BCUT2D eigenvalue weighted by molar-refractivity contribution is 5.95. The molecule has 3 heterocycles. The fourth-order valence-electron chi connectivity index (χ4n) is 4.11. The Bertz CT molecular complexity index is 767. The first-order valence-corrected chi connectivity index (χ1v) is 10.2. The fourth-order valence-corrected chi connectivity index (χ4v) is 4.11. The molecule has 148 valence electrons. The summed E-state index contributed by atoms with van der Waals surface area (Å²) in [7, 11) is 0. The van der Waals surface area contributed by atoms with Gasteiger partial charge in [-0.1, -0.05) is 30.3 Å². The number of aromatic nitrogens is 1. The number of carbonyl (C=O) groups excluding carboxylic acids is 1. The Kier molecular flexibility index (Phi) is 5.88. The molecule has 0 spiro atoms. The van der Waals surface area contributed by atoms with Crippen LogP contribution in [-0.4, -0.2) is 53.2 Å². The summed E-state index contributed by atoms with van der Waals surface area (Å²) in [5.74, 6) is 0.915. The van der Waals surface area contributed by atoms with Crippen molar-refractivity contribution in [3.8, 4) is 0 Å². The van der Waals surface area contributed by atoms with Crippen molar-refractivity contribution in [3.63, 3.8) is 0 Å². The van der Waals surface area contributed by atoms with Crippen molar-refractivity contribution in [2.24, 2.45) is 0 Å². The second-order valence-corrected chi connectivity index (χ2v) is 7.67. The summed E-state index contributed by atoms with van der Waals surface area (Å²) in [6.45, 7) is 3.52. The number of benzene rings is 1. The van der Waals surface area contributed by atoms with Gasteiger partial charge in [-0.2, -0.15) is 0 Å². The molecule has 2 fully saturated rings. The lowest BCUT2D eigenvalue weighted by atomic mass is 10.00. The van der Waals surface area contributed by atoms with E-state index in [-0.39, 0.29) is 18.1 Å². The van der Waals surface area contributed by atoms with Gasteiger partial charge >= 0.3 is 0 Å². The van der Waals surface area contributed by atoms with Gasteiger partial charge in [0.05, 0.1) is 18.0 Å². The predicted octanol–water partition coefficient (Wildman–Crippen LogP) is 2.82. The van der Waals surface area contributed by atoms with Crippen molar-refractivity contribution in [1.29, 1.82) is 0 Å². The van der Waals surface area contributed by atoms with E-state index in [4.69, 9.17) is 0 Å². The van der Waals surface area contributed by atoms with Gasteiger partial charge in [0.15, 0.2) is 0 Å². The summed E-state index contributed by atoms with van der Waals surface area (Å²) in [5.41, 5.74) is 1.68. The van der Waals surface area contributed by atoms with Crippen LogP contribution in [0.25, 0.3) is 0 Å². The number of hydrogen-bond acceptors (Lipinski definition) is 5. The molecule has 2 N–H and O–H groups in total. The summed E-state index contributed by atoms with van der Waals surface area (Å²) in [5, 5.41) is 12.9. The van der Waals surface area contributed by atoms with Crippen molar-refractivity contribution in [1.82, 2.24) is 9.88 Å². The third kappa shape index (κ3) is 4.34. The third-order valence-electron chi connectivity index (χ3n) is 5.67. The van der Waals surface area contributed by atoms with Gasteiger partial charge in [0.2, 0.25) is 5.91 Å². The lowest BCUT2D eigenvalue weighted by Crippen LogP contribution is -2.43. The van der Waals surface area contributed by atoms with Gasteiger partial charge in [-0.05, 0) is 43.4 Å². The van der Waals surface area contributed by atoms with Crippen LogP contribution in [0.15, 0.2) is 48.7 Å². The first kappa shape index (κ1) is 18.9. The van der Waals surface area contributed by atoms with Crippen LogP contribution in [0.5, 0.6) is 0 Å². The molecule has 1 aromatic carbocycles. The first-order valence-electron chi connectivity index (χ1n) is 10.2. The molecular formula is C22H28N4O2. The van der Waals surface area contributed by atoms with E-state index in [0.717, 1.165) is 24.5 Å². The van der Waals surface area contributed by atoms with Gasteiger partial charge in [-0.25, -0.2) is 4.98 Å². The van der Waals surface area contributed by atoms with Crippen molar-refractivity contribution in [2.45, 2.75) is 37.8 Å². The number of nitrogens with zero attached hydrogens (tertiary/aromatic N) is 3. The standard InChI is InChI=1S/C22H28N4O2/c27-19-10-14-26(15-11-19)21(17-6-2-1-3-7-17)22(28)24-18-8-9-20(23-16-18)25-12-4-5-13-25/h1-3,6-9,16,19,21,27H,4-5,10-15H2,(H,24,28). The number of hydrogen-bond donors (Lipinski definition) is 2. The summed E-state index contributed by atoms with van der Waals surface area (Å²) in [4.78, 5) is 22.1. The number of anilines is 2. The molecule has 0 saturated carbocycles. The summed E-state index contributed by atoms with van der Waals surface area (Å²) < 4.78 is 0. The van der Waals surface area contributed by atoms with E-state index in [0.29, 0.717) is 31.6 Å². The number of pyridine rings is 1. The van der Waals surface area contributed by atoms with Crippen LogP contribution in [0.4, 0.5) is 11.5 Å². The molecule has 1 amide bonds. The highest BCUT2D eigenvalue weighted by Crippen LogP contribution is 2.27. The minimum Gasteiger partial charge on any atom is -0.393 e. The van der Waals surface area contributed by atoms with E-state index in [9.17, 15) is 9.90 Å². The second-order valence-electron chi connectivity index (χ2n) is 7.67. The van der Waals surface area contributed by atoms with Gasteiger partial charge in [-0.3, -0.25) is 9.69 Å². The molecule has 2 aliphatic rings. The zero-order chi connectivity index (χ0) is 19.3. The topological polar surface area (TPSA) is 68.7 Å². The maximum atomic E-state index is 13.2. The van der Waals surface area contributed by atoms with E-state index in [1.54, 1.807) is 6.20 Å². The normalized spacial score (nSPS) is 19.5. The zero-order valence-electron chi connectivity index (χ0n) is 16.1. The van der Waals surface area contributed by atoms with Crippen LogP contribution in [-0.2, 0) is 4.79 Å². The molecular weight excluding hydrogens is 352 g/mol. The van der Waals surface area contributed by atoms with Gasteiger partial charge in [0.1, 0.15) is 11.9 Å². The molecule has 0 bridgehead atoms. The Morgan fingerprint density at radius 3 is 2.39 bits per heavy atom. The number of aliphatic hydroxyl groups excluding tert-OH is 1. The molecule has 2 saturated heterocycles. The van der Waals surface area contributed by atoms with Crippen LogP contribution in [0, 0.1) is 0 Å². The van der Waals surface area contributed by atoms with Crippen LogP contribution in [0.1, 0.15) is 37.3 Å². The number of rotatable bonds is 5. The van der Waals surface area contributed by atoms with E-state index < -0.39 is 0 Å². The van der Waals surface area contributed by atoms with Crippen molar-refractivity contribution < 1.29 is 9.90 Å². The Labute approximate surface area is 166 Å². The maximum Gasteiger partial charge on any atom is 0.246 e. The molecule has 1 aromatic heterocycles. The minimum absolute atomic E-state index is 0.0571. The molecule has 4 rings (SSSR count). The van der Waals surface area contributed by atoms with Gasteiger partial charge in [0, 0.05) is 26.2 Å². The fraction of sp³-hybridized carbons (Fsp3) is 0.455. The van der Waals surface area contributed by atoms with Crippen molar-refractivity contribution in [3.05, 3.63) is 54.2 Å². The average Bonchev–Trinajstić information content (AvgIpc) is 3.26. The van der Waals surface area contributed by atoms with E-state index >= 15 is 0 Å². The van der Waals surface area contributed by atoms with Gasteiger partial charge < -0.3 is 15.3 Å². The summed E-state index contributed by atoms with van der Waals surface area (Å²) in [6.07, 6.45) is 5.30. The highest BCUT2D eigenvalue weighted by Gasteiger charge is 2.30. The van der Waals surface area contributed by atoms with E-state index in [1.807, 2.05) is 42.5 Å². The van der Waals surface area contributed by atoms with E-state index in [1.165, 1.54) is 12.8 Å². The molecule has 2 aromatic rings. The van der Waals surface area contributed by atoms with Crippen LogP contribution in [0.3, 0.4) is 0 Å². The van der Waals surface area contributed by atoms with Crippen molar-refractivity contribution in [2.75, 3.05) is 36.4 Å². The highest BCUT2D eigenvalue weighted by atomic mass is 16.3. The maximum absolute atomic E-state index is 13.2. The van der Waals surface area contributed by atoms with Gasteiger partial charge in [0.25, 0.3) is 0 Å². The van der Waals surface area contributed by atoms with Crippen molar-refractivity contribution >= 4 is 17.4 Å². The lowest BCUT2D eigenvalue weighted by Gasteiger charge is -2.35. The molecule has 0 radical (unpaired) electrons. The Hall–Kier alpha value is -2.44. The number of carbonyl (C=O) groups is 1. The molecule has 6 heteroatoms. The zero-order valence-corrected chi connectivity index (χ0v) is 16.1. The number of piperidine rings is 1. The summed E-state index contributed by atoms with van der Waals surface area (Å²) in [6, 6.07) is 13.4. The average molecular weight is 380 g/mol. The SMILES string of the molecule is O=C(Nc1ccc(N2CCCC2)nc1)C(c1ccccc1)N1CCC(O)CC1. The summed E-state index contributed by atoms with van der Waals surface area (Å²) >= 11 is 0. The number of likely N-dealkylation sites (tertiary alicyclic amines) is 1. The number of aliphatic hydroxyl groups is 1.